The minimum atomic E-state index is -0.616. The third-order valence-electron chi connectivity index (χ3n) is 9.32. The van der Waals surface area contributed by atoms with Gasteiger partial charge in [0.05, 0.1) is 11.6 Å². The number of hydrogen-bond donors (Lipinski definition) is 2. The van der Waals surface area contributed by atoms with E-state index in [1.165, 1.54) is 5.56 Å². The molecule has 2 saturated heterocycles. The molecule has 4 aliphatic rings. The van der Waals surface area contributed by atoms with Crippen LogP contribution in [0.2, 0.25) is 0 Å². The minimum absolute atomic E-state index is 0.0603. The molecule has 0 bridgehead atoms. The van der Waals surface area contributed by atoms with Crippen molar-refractivity contribution in [2.24, 2.45) is 0 Å². The summed E-state index contributed by atoms with van der Waals surface area (Å²) in [5.41, 5.74) is 4.86. The molecule has 9 nitrogen and oxygen atoms in total. The normalized spacial score (nSPS) is 26.5. The number of imide groups is 1. The Kier molecular flexibility index (Phi) is 7.15. The van der Waals surface area contributed by atoms with Crippen molar-refractivity contribution in [1.82, 2.24) is 20.1 Å². The Labute approximate surface area is 244 Å². The van der Waals surface area contributed by atoms with Crippen LogP contribution in [-0.2, 0) is 22.7 Å². The number of aliphatic hydroxyl groups is 1. The highest BCUT2D eigenvalue weighted by Crippen LogP contribution is 2.34. The molecule has 9 heteroatoms. The standard InChI is InChI=1S/C33H36N4O5/c38-24-5-2-21(3-6-24)28-10-4-22-15-20(1-9-29(22)34-28)17-36-14-13-26(19-36)42-25-7-8-27-23(16-25)18-37(33(27)41)30-11-12-31(39)35-32(30)40/h1,4,7-10,15-16,21,24,26,30,38H,2-3,5-6,11-14,17-19H2,(H,35,39,40)/t21?,24?,26-,30?/m0/s1. The molecule has 1 unspecified atom stereocenters. The van der Waals surface area contributed by atoms with Crippen molar-refractivity contribution < 1.29 is 24.2 Å². The molecule has 3 amide bonds. The number of nitrogens with zero attached hydrogens (tertiary/aromatic N) is 3. The third-order valence-corrected chi connectivity index (χ3v) is 9.32. The quantitative estimate of drug-likeness (QED) is 0.437. The number of ether oxygens (including phenoxy) is 1. The number of benzene rings is 2. The van der Waals surface area contributed by atoms with Crippen LogP contribution in [0, 0.1) is 0 Å². The number of piperidine rings is 1. The number of likely N-dealkylation sites (tertiary alicyclic amines) is 1. The van der Waals surface area contributed by atoms with Gasteiger partial charge >= 0.3 is 0 Å². The van der Waals surface area contributed by atoms with Crippen molar-refractivity contribution in [2.75, 3.05) is 13.1 Å². The van der Waals surface area contributed by atoms with Gasteiger partial charge in [-0.3, -0.25) is 29.6 Å². The van der Waals surface area contributed by atoms with Crippen molar-refractivity contribution in [3.8, 4) is 5.75 Å². The van der Waals surface area contributed by atoms with Crippen LogP contribution in [0.4, 0.5) is 0 Å². The summed E-state index contributed by atoms with van der Waals surface area (Å²) in [5.74, 6) is 0.315. The SMILES string of the molecule is O=C1CCC(N2Cc3cc(O[C@H]4CCN(Cc5ccc6nc(C7CCC(O)CC7)ccc6c5)C4)ccc3C2=O)C(=O)N1. The number of aliphatic hydroxyl groups excluding tert-OH is 1. The molecule has 2 aromatic carbocycles. The van der Waals surface area contributed by atoms with Crippen molar-refractivity contribution in [3.63, 3.8) is 0 Å². The van der Waals surface area contributed by atoms with E-state index in [9.17, 15) is 19.5 Å². The second-order valence-corrected chi connectivity index (χ2v) is 12.3. The molecule has 2 N–H and O–H groups in total. The molecule has 42 heavy (non-hydrogen) atoms. The Bertz CT molecular complexity index is 1550. The molecule has 1 aliphatic carbocycles. The monoisotopic (exact) mass is 568 g/mol. The average molecular weight is 569 g/mol. The van der Waals surface area contributed by atoms with Gasteiger partial charge in [0.25, 0.3) is 5.91 Å². The smallest absolute Gasteiger partial charge is 0.255 e. The Morgan fingerprint density at radius 3 is 2.64 bits per heavy atom. The Balaban J connectivity index is 0.953. The van der Waals surface area contributed by atoms with E-state index < -0.39 is 11.9 Å². The summed E-state index contributed by atoms with van der Waals surface area (Å²) in [5, 5.41) is 13.3. The maximum Gasteiger partial charge on any atom is 0.255 e. The van der Waals surface area contributed by atoms with Crippen molar-refractivity contribution >= 4 is 28.6 Å². The number of aromatic nitrogens is 1. The van der Waals surface area contributed by atoms with Crippen LogP contribution in [-0.4, -0.2) is 69.0 Å². The summed E-state index contributed by atoms with van der Waals surface area (Å²) >= 11 is 0. The molecule has 2 atom stereocenters. The van der Waals surface area contributed by atoms with Gasteiger partial charge in [0, 0.05) is 55.2 Å². The van der Waals surface area contributed by atoms with Crippen LogP contribution in [0.1, 0.15) is 78.0 Å². The summed E-state index contributed by atoms with van der Waals surface area (Å²) in [6.45, 7) is 2.95. The highest BCUT2D eigenvalue weighted by Gasteiger charge is 2.39. The van der Waals surface area contributed by atoms with Gasteiger partial charge in [-0.25, -0.2) is 0 Å². The first-order valence-electron chi connectivity index (χ1n) is 15.1. The van der Waals surface area contributed by atoms with Crippen molar-refractivity contribution in [3.05, 3.63) is 70.9 Å². The molecular formula is C33H36N4O5. The Hall–Kier alpha value is -3.82. The van der Waals surface area contributed by atoms with Crippen molar-refractivity contribution in [2.45, 2.75) is 82.2 Å². The van der Waals surface area contributed by atoms with Gasteiger partial charge in [-0.2, -0.15) is 0 Å². The molecule has 4 heterocycles. The second-order valence-electron chi connectivity index (χ2n) is 12.3. The lowest BCUT2D eigenvalue weighted by molar-refractivity contribution is -0.136. The zero-order valence-corrected chi connectivity index (χ0v) is 23.6. The van der Waals surface area contributed by atoms with Crippen LogP contribution in [0.25, 0.3) is 10.9 Å². The number of fused-ring (bicyclic) bond motifs is 2. The molecule has 1 aromatic heterocycles. The number of carbonyl (C=O) groups excluding carboxylic acids is 3. The molecule has 1 saturated carbocycles. The number of pyridine rings is 1. The lowest BCUT2D eigenvalue weighted by Crippen LogP contribution is -2.52. The molecule has 3 fully saturated rings. The fourth-order valence-corrected chi connectivity index (χ4v) is 7.00. The summed E-state index contributed by atoms with van der Waals surface area (Å²) < 4.78 is 6.35. The summed E-state index contributed by atoms with van der Waals surface area (Å²) in [7, 11) is 0. The number of rotatable bonds is 6. The highest BCUT2D eigenvalue weighted by atomic mass is 16.5. The molecule has 3 aromatic rings. The van der Waals surface area contributed by atoms with Gasteiger partial charge in [0.2, 0.25) is 11.8 Å². The molecule has 0 radical (unpaired) electrons. The van der Waals surface area contributed by atoms with Crippen LogP contribution in [0.15, 0.2) is 48.5 Å². The Morgan fingerprint density at radius 1 is 0.952 bits per heavy atom. The fourth-order valence-electron chi connectivity index (χ4n) is 7.00. The first-order valence-corrected chi connectivity index (χ1v) is 15.1. The number of nitrogens with one attached hydrogen (secondary N) is 1. The molecular weight excluding hydrogens is 532 g/mol. The van der Waals surface area contributed by atoms with Crippen LogP contribution >= 0.6 is 0 Å². The maximum absolute atomic E-state index is 13.0. The topological polar surface area (TPSA) is 112 Å². The largest absolute Gasteiger partial charge is 0.489 e. The zero-order chi connectivity index (χ0) is 28.8. The van der Waals surface area contributed by atoms with Crippen LogP contribution in [0.5, 0.6) is 5.75 Å². The second kappa shape index (κ2) is 11.1. The van der Waals surface area contributed by atoms with Gasteiger partial charge in [0.15, 0.2) is 0 Å². The number of hydrogen-bond acceptors (Lipinski definition) is 7. The predicted molar refractivity (Wildman–Crippen MR) is 156 cm³/mol. The fraction of sp³-hybridized carbons (Fsp3) is 0.455. The number of amides is 3. The van der Waals surface area contributed by atoms with E-state index >= 15 is 0 Å². The van der Waals surface area contributed by atoms with Gasteiger partial charge < -0.3 is 14.7 Å². The van der Waals surface area contributed by atoms with Gasteiger partial charge in [-0.1, -0.05) is 12.1 Å². The van der Waals surface area contributed by atoms with Crippen LogP contribution < -0.4 is 10.1 Å². The predicted octanol–water partition coefficient (Wildman–Crippen LogP) is 3.67. The molecule has 7 rings (SSSR count). The van der Waals surface area contributed by atoms with E-state index in [0.29, 0.717) is 24.4 Å². The average Bonchev–Trinajstić information content (AvgIpc) is 3.56. The molecule has 0 spiro atoms. The van der Waals surface area contributed by atoms with Gasteiger partial charge in [0.1, 0.15) is 17.9 Å². The first kappa shape index (κ1) is 27.0. The molecule has 3 aliphatic heterocycles. The van der Waals surface area contributed by atoms with E-state index in [2.05, 4.69) is 40.5 Å². The zero-order valence-electron chi connectivity index (χ0n) is 23.6. The van der Waals surface area contributed by atoms with E-state index in [0.717, 1.165) is 79.6 Å². The van der Waals surface area contributed by atoms with Crippen LogP contribution in [0.3, 0.4) is 0 Å². The van der Waals surface area contributed by atoms with E-state index in [4.69, 9.17) is 9.72 Å². The van der Waals surface area contributed by atoms with Gasteiger partial charge in [-0.05, 0) is 86.1 Å². The Morgan fingerprint density at radius 2 is 1.81 bits per heavy atom. The summed E-state index contributed by atoms with van der Waals surface area (Å²) in [4.78, 5) is 45.8. The summed E-state index contributed by atoms with van der Waals surface area (Å²) in [6.07, 6.45) is 5.15. The summed E-state index contributed by atoms with van der Waals surface area (Å²) in [6, 6.07) is 15.8. The van der Waals surface area contributed by atoms with Gasteiger partial charge in [-0.15, -0.1) is 0 Å². The third kappa shape index (κ3) is 5.39. The number of carbonyl (C=O) groups is 3. The highest BCUT2D eigenvalue weighted by molar-refractivity contribution is 6.05. The van der Waals surface area contributed by atoms with E-state index in [-0.39, 0.29) is 30.4 Å². The van der Waals surface area contributed by atoms with Crippen molar-refractivity contribution in [1.29, 1.82) is 0 Å². The maximum atomic E-state index is 13.0. The lowest BCUT2D eigenvalue weighted by atomic mass is 9.85. The van der Waals surface area contributed by atoms with E-state index in [1.54, 1.807) is 11.0 Å². The minimum Gasteiger partial charge on any atom is -0.489 e. The molecule has 218 valence electrons. The van der Waals surface area contributed by atoms with E-state index in [1.807, 2.05) is 12.1 Å². The first-order chi connectivity index (χ1) is 20.4. The lowest BCUT2D eigenvalue weighted by Gasteiger charge is -2.29.